The van der Waals surface area contributed by atoms with E-state index in [9.17, 15) is 8.78 Å². The van der Waals surface area contributed by atoms with E-state index in [1.807, 2.05) is 0 Å². The summed E-state index contributed by atoms with van der Waals surface area (Å²) in [6.07, 6.45) is -1.39. The third kappa shape index (κ3) is 2.37. The van der Waals surface area contributed by atoms with Gasteiger partial charge in [0, 0.05) is 10.9 Å². The molecule has 0 aliphatic rings. The predicted molar refractivity (Wildman–Crippen MR) is 54.9 cm³/mol. The quantitative estimate of drug-likeness (QED) is 0.796. The molecule has 0 spiro atoms. The van der Waals surface area contributed by atoms with Gasteiger partial charge in [0.1, 0.15) is 5.75 Å². The van der Waals surface area contributed by atoms with Gasteiger partial charge in [0.25, 0.3) is 6.43 Å². The zero-order valence-corrected chi connectivity index (χ0v) is 9.85. The van der Waals surface area contributed by atoms with Gasteiger partial charge in [-0.2, -0.15) is 0 Å². The summed E-state index contributed by atoms with van der Waals surface area (Å²) in [5.74, 6) is 0.253. The highest BCUT2D eigenvalue weighted by molar-refractivity contribution is 9.08. The van der Waals surface area contributed by atoms with Crippen LogP contribution in [-0.2, 0) is 5.33 Å². The molecule has 0 N–H and O–H groups in total. The minimum absolute atomic E-state index is 0.0697. The lowest BCUT2D eigenvalue weighted by molar-refractivity contribution is 0.145. The molecule has 0 aliphatic carbocycles. The zero-order valence-electron chi connectivity index (χ0n) is 8.26. The highest BCUT2D eigenvalue weighted by atomic mass is 79.9. The van der Waals surface area contributed by atoms with E-state index in [-0.39, 0.29) is 22.5 Å². The minimum atomic E-state index is -2.62. The van der Waals surface area contributed by atoms with E-state index < -0.39 is 6.43 Å². The van der Waals surface area contributed by atoms with Crippen molar-refractivity contribution in [2.75, 3.05) is 14.2 Å². The minimum Gasteiger partial charge on any atom is -0.495 e. The van der Waals surface area contributed by atoms with Crippen LogP contribution in [0.1, 0.15) is 17.6 Å². The van der Waals surface area contributed by atoms with Crippen molar-refractivity contribution >= 4 is 15.9 Å². The Morgan fingerprint density at radius 2 is 2.07 bits per heavy atom. The highest BCUT2D eigenvalue weighted by Crippen LogP contribution is 2.36. The van der Waals surface area contributed by atoms with E-state index in [2.05, 4.69) is 20.9 Å². The maximum atomic E-state index is 12.8. The molecule has 6 heteroatoms. The lowest BCUT2D eigenvalue weighted by Crippen LogP contribution is -2.02. The van der Waals surface area contributed by atoms with Gasteiger partial charge in [-0.3, -0.25) is 0 Å². The summed E-state index contributed by atoms with van der Waals surface area (Å²) in [5.41, 5.74) is 0.132. The van der Waals surface area contributed by atoms with Crippen LogP contribution in [0.2, 0.25) is 0 Å². The monoisotopic (exact) mass is 281 g/mol. The van der Waals surface area contributed by atoms with Crippen molar-refractivity contribution in [3.05, 3.63) is 17.3 Å². The fourth-order valence-electron chi connectivity index (χ4n) is 1.24. The summed E-state index contributed by atoms with van der Waals surface area (Å²) in [7, 11) is 2.71. The van der Waals surface area contributed by atoms with E-state index in [0.29, 0.717) is 5.56 Å². The van der Waals surface area contributed by atoms with Crippen molar-refractivity contribution in [1.29, 1.82) is 0 Å². The number of aromatic nitrogens is 1. The molecule has 0 fully saturated rings. The summed E-state index contributed by atoms with van der Waals surface area (Å²) in [6, 6.07) is 0. The van der Waals surface area contributed by atoms with E-state index in [0.717, 1.165) is 0 Å². The number of hydrogen-bond acceptors (Lipinski definition) is 3. The van der Waals surface area contributed by atoms with Crippen LogP contribution >= 0.6 is 15.9 Å². The Morgan fingerprint density at radius 3 is 2.47 bits per heavy atom. The standard InChI is InChI=1S/C9H10BrF2NO2/c1-14-6-4-13-9(15-2)5(3-10)7(6)8(11)12/h4,8H,3H2,1-2H3. The highest BCUT2D eigenvalue weighted by Gasteiger charge is 2.22. The normalized spacial score (nSPS) is 10.5. The second-order valence-corrected chi connectivity index (χ2v) is 3.22. The van der Waals surface area contributed by atoms with Crippen LogP contribution in [0.25, 0.3) is 0 Å². The molecule has 0 saturated carbocycles. The van der Waals surface area contributed by atoms with Crippen LogP contribution in [0.4, 0.5) is 8.78 Å². The lowest BCUT2D eigenvalue weighted by Gasteiger charge is -2.13. The number of methoxy groups -OCH3 is 2. The number of pyridine rings is 1. The number of nitrogens with zero attached hydrogens (tertiary/aromatic N) is 1. The topological polar surface area (TPSA) is 31.4 Å². The Morgan fingerprint density at radius 1 is 1.40 bits per heavy atom. The molecule has 0 unspecified atom stereocenters. The van der Waals surface area contributed by atoms with E-state index in [4.69, 9.17) is 9.47 Å². The molecule has 1 aromatic rings. The molecule has 1 aromatic heterocycles. The summed E-state index contributed by atoms with van der Waals surface area (Å²) in [4.78, 5) is 3.87. The molecule has 0 atom stereocenters. The van der Waals surface area contributed by atoms with Crippen molar-refractivity contribution in [2.45, 2.75) is 11.8 Å². The number of rotatable bonds is 4. The first-order valence-corrected chi connectivity index (χ1v) is 5.21. The predicted octanol–water partition coefficient (Wildman–Crippen LogP) is 2.93. The van der Waals surface area contributed by atoms with Crippen molar-refractivity contribution in [3.8, 4) is 11.6 Å². The van der Waals surface area contributed by atoms with Gasteiger partial charge < -0.3 is 9.47 Å². The van der Waals surface area contributed by atoms with Crippen LogP contribution in [0.15, 0.2) is 6.20 Å². The molecule has 15 heavy (non-hydrogen) atoms. The second-order valence-electron chi connectivity index (χ2n) is 2.66. The molecular weight excluding hydrogens is 272 g/mol. The molecule has 0 radical (unpaired) electrons. The van der Waals surface area contributed by atoms with Gasteiger partial charge in [-0.1, -0.05) is 15.9 Å². The van der Waals surface area contributed by atoms with Gasteiger partial charge >= 0.3 is 0 Å². The zero-order chi connectivity index (χ0) is 11.4. The molecular formula is C9H10BrF2NO2. The number of alkyl halides is 3. The van der Waals surface area contributed by atoms with E-state index in [1.54, 1.807) is 0 Å². The molecule has 84 valence electrons. The molecule has 1 rings (SSSR count). The van der Waals surface area contributed by atoms with Gasteiger partial charge in [0.15, 0.2) is 0 Å². The van der Waals surface area contributed by atoms with Gasteiger partial charge in [-0.25, -0.2) is 13.8 Å². The summed E-state index contributed by atoms with van der Waals surface area (Å²) >= 11 is 3.12. The maximum Gasteiger partial charge on any atom is 0.267 e. The number of hydrogen-bond donors (Lipinski definition) is 0. The fourth-order valence-corrected chi connectivity index (χ4v) is 1.78. The summed E-state index contributed by atoms with van der Waals surface area (Å²) in [6.45, 7) is 0. The average Bonchev–Trinajstić information content (AvgIpc) is 2.26. The molecule has 0 aliphatic heterocycles. The first-order chi connectivity index (χ1) is 7.15. The summed E-state index contributed by atoms with van der Waals surface area (Å²) < 4.78 is 35.3. The summed E-state index contributed by atoms with van der Waals surface area (Å²) in [5, 5.41) is 0.236. The molecule has 3 nitrogen and oxygen atoms in total. The third-order valence-corrected chi connectivity index (χ3v) is 2.47. The Balaban J connectivity index is 3.37. The van der Waals surface area contributed by atoms with Crippen LogP contribution in [0, 0.1) is 0 Å². The van der Waals surface area contributed by atoms with Gasteiger partial charge in [-0.15, -0.1) is 0 Å². The molecule has 0 aromatic carbocycles. The lowest BCUT2D eigenvalue weighted by atomic mass is 10.1. The second kappa shape index (κ2) is 5.25. The van der Waals surface area contributed by atoms with Gasteiger partial charge in [0.2, 0.25) is 5.88 Å². The van der Waals surface area contributed by atoms with E-state index in [1.165, 1.54) is 20.4 Å². The van der Waals surface area contributed by atoms with Crippen LogP contribution in [0.5, 0.6) is 11.6 Å². The van der Waals surface area contributed by atoms with Crippen molar-refractivity contribution in [3.63, 3.8) is 0 Å². The van der Waals surface area contributed by atoms with Gasteiger partial charge in [0.05, 0.1) is 26.0 Å². The largest absolute Gasteiger partial charge is 0.495 e. The average molecular weight is 282 g/mol. The van der Waals surface area contributed by atoms with Gasteiger partial charge in [-0.05, 0) is 0 Å². The fraction of sp³-hybridized carbons (Fsp3) is 0.444. The van der Waals surface area contributed by atoms with Crippen LogP contribution in [-0.4, -0.2) is 19.2 Å². The van der Waals surface area contributed by atoms with Crippen molar-refractivity contribution in [2.24, 2.45) is 0 Å². The molecule has 1 heterocycles. The van der Waals surface area contributed by atoms with Crippen LogP contribution < -0.4 is 9.47 Å². The first kappa shape index (κ1) is 12.2. The molecule has 0 bridgehead atoms. The molecule has 0 saturated heterocycles. The Bertz CT molecular complexity index is 347. The smallest absolute Gasteiger partial charge is 0.267 e. The SMILES string of the molecule is COc1cnc(OC)c(CBr)c1C(F)F. The maximum absolute atomic E-state index is 12.8. The van der Waals surface area contributed by atoms with Crippen molar-refractivity contribution in [1.82, 2.24) is 4.98 Å². The molecule has 0 amide bonds. The van der Waals surface area contributed by atoms with Crippen molar-refractivity contribution < 1.29 is 18.3 Å². The Labute approximate surface area is 94.5 Å². The Hall–Kier alpha value is -0.910. The van der Waals surface area contributed by atoms with E-state index >= 15 is 0 Å². The number of halogens is 3. The Kier molecular flexibility index (Phi) is 4.26. The first-order valence-electron chi connectivity index (χ1n) is 4.09. The third-order valence-electron chi connectivity index (χ3n) is 1.91. The van der Waals surface area contributed by atoms with Crippen LogP contribution in [0.3, 0.4) is 0 Å². The number of ether oxygens (including phenoxy) is 2.